The van der Waals surface area contributed by atoms with Gasteiger partial charge in [-0.2, -0.15) is 0 Å². The smallest absolute Gasteiger partial charge is 0.244 e. The molecule has 8 heteroatoms. The molecule has 6 nitrogen and oxygen atoms in total. The minimum atomic E-state index is -3.79. The molecule has 152 valence electrons. The highest BCUT2D eigenvalue weighted by atomic mass is 35.5. The quantitative estimate of drug-likeness (QED) is 0.699. The van der Waals surface area contributed by atoms with Crippen LogP contribution < -0.4 is 14.4 Å². The minimum Gasteiger partial charge on any atom is -0.495 e. The Balaban J connectivity index is 2.41. The highest BCUT2D eigenvalue weighted by molar-refractivity contribution is 7.92. The van der Waals surface area contributed by atoms with Crippen LogP contribution >= 0.6 is 11.6 Å². The van der Waals surface area contributed by atoms with E-state index in [-0.39, 0.29) is 18.2 Å². The maximum absolute atomic E-state index is 13.0. The zero-order valence-electron chi connectivity index (χ0n) is 16.3. The Morgan fingerprint density at radius 3 is 2.39 bits per heavy atom. The van der Waals surface area contributed by atoms with Gasteiger partial charge in [0.1, 0.15) is 11.8 Å². The van der Waals surface area contributed by atoms with Gasteiger partial charge in [-0.3, -0.25) is 9.10 Å². The lowest BCUT2D eigenvalue weighted by Crippen LogP contribution is -2.49. The molecule has 0 aliphatic carbocycles. The molecule has 2 rings (SSSR count). The van der Waals surface area contributed by atoms with Crippen LogP contribution in [-0.2, 0) is 14.8 Å². The summed E-state index contributed by atoms with van der Waals surface area (Å²) in [6, 6.07) is 12.9. The Kier molecular flexibility index (Phi) is 7.32. The van der Waals surface area contributed by atoms with Gasteiger partial charge in [-0.25, -0.2) is 8.42 Å². The van der Waals surface area contributed by atoms with Crippen LogP contribution in [0, 0.1) is 0 Å². The molecule has 0 spiro atoms. The number of hydrogen-bond donors (Lipinski definition) is 1. The maximum atomic E-state index is 13.0. The van der Waals surface area contributed by atoms with E-state index < -0.39 is 22.0 Å². The number of sulfonamides is 1. The number of benzene rings is 2. The van der Waals surface area contributed by atoms with Gasteiger partial charge in [0, 0.05) is 5.02 Å². The van der Waals surface area contributed by atoms with Crippen molar-refractivity contribution in [1.82, 2.24) is 5.32 Å². The molecule has 0 heterocycles. The molecule has 0 aliphatic heterocycles. The third-order valence-corrected chi connectivity index (χ3v) is 5.77. The average molecular weight is 425 g/mol. The van der Waals surface area contributed by atoms with Crippen molar-refractivity contribution < 1.29 is 17.9 Å². The van der Waals surface area contributed by atoms with E-state index in [0.717, 1.165) is 16.1 Å². The predicted octanol–water partition coefficient (Wildman–Crippen LogP) is 3.77. The Labute approximate surface area is 171 Å². The molecule has 2 atom stereocenters. The van der Waals surface area contributed by atoms with Crippen LogP contribution in [0.3, 0.4) is 0 Å². The standard InChI is InChI=1S/C20H25ClN2O4S/c1-5-17(20(24)22-14(2)15-9-7-6-8-10-15)23(28(4,25)26)18-13-16(21)11-12-19(18)27-3/h6-14,17H,5H2,1-4H3,(H,22,24)/t14-,17-/m1/s1. The lowest BCUT2D eigenvalue weighted by atomic mass is 10.1. The van der Waals surface area contributed by atoms with Crippen LogP contribution in [0.1, 0.15) is 31.9 Å². The molecule has 0 unspecified atom stereocenters. The van der Waals surface area contributed by atoms with Crippen molar-refractivity contribution >= 4 is 33.2 Å². The van der Waals surface area contributed by atoms with E-state index in [0.29, 0.717) is 10.8 Å². The Morgan fingerprint density at radius 1 is 1.21 bits per heavy atom. The van der Waals surface area contributed by atoms with E-state index >= 15 is 0 Å². The van der Waals surface area contributed by atoms with E-state index in [1.807, 2.05) is 37.3 Å². The molecule has 0 saturated heterocycles. The average Bonchev–Trinajstić information content (AvgIpc) is 2.65. The van der Waals surface area contributed by atoms with Crippen LogP contribution in [0.5, 0.6) is 5.75 Å². The second-order valence-corrected chi connectivity index (χ2v) is 8.74. The third kappa shape index (κ3) is 5.17. The molecule has 2 aromatic rings. The van der Waals surface area contributed by atoms with Crippen LogP contribution in [0.25, 0.3) is 0 Å². The lowest BCUT2D eigenvalue weighted by molar-refractivity contribution is -0.122. The maximum Gasteiger partial charge on any atom is 0.244 e. The van der Waals surface area contributed by atoms with Gasteiger partial charge in [-0.1, -0.05) is 48.9 Å². The fourth-order valence-electron chi connectivity index (χ4n) is 3.01. The number of carbonyl (C=O) groups is 1. The molecule has 0 aliphatic rings. The van der Waals surface area contributed by atoms with Crippen LogP contribution in [0.2, 0.25) is 5.02 Å². The van der Waals surface area contributed by atoms with Gasteiger partial charge >= 0.3 is 0 Å². The van der Waals surface area contributed by atoms with E-state index in [1.165, 1.54) is 13.2 Å². The topological polar surface area (TPSA) is 75.7 Å². The van der Waals surface area contributed by atoms with Gasteiger partial charge in [0.25, 0.3) is 0 Å². The van der Waals surface area contributed by atoms with E-state index in [1.54, 1.807) is 19.1 Å². The Morgan fingerprint density at radius 2 is 1.86 bits per heavy atom. The first-order chi connectivity index (χ1) is 13.2. The lowest BCUT2D eigenvalue weighted by Gasteiger charge is -2.32. The van der Waals surface area contributed by atoms with Crippen molar-refractivity contribution in [3.8, 4) is 5.75 Å². The third-order valence-electron chi connectivity index (χ3n) is 4.37. The van der Waals surface area contributed by atoms with Crippen LogP contribution in [0.4, 0.5) is 5.69 Å². The van der Waals surface area contributed by atoms with Crippen molar-refractivity contribution in [2.75, 3.05) is 17.7 Å². The second-order valence-electron chi connectivity index (χ2n) is 6.44. The number of nitrogens with one attached hydrogen (secondary N) is 1. The molecule has 1 N–H and O–H groups in total. The fraction of sp³-hybridized carbons (Fsp3) is 0.350. The monoisotopic (exact) mass is 424 g/mol. The van der Waals surface area contributed by atoms with Crippen molar-refractivity contribution in [3.05, 3.63) is 59.1 Å². The summed E-state index contributed by atoms with van der Waals surface area (Å²) in [6.07, 6.45) is 1.33. The molecule has 2 aromatic carbocycles. The van der Waals surface area contributed by atoms with Gasteiger partial charge < -0.3 is 10.1 Å². The molecule has 0 aromatic heterocycles. The van der Waals surface area contributed by atoms with E-state index in [9.17, 15) is 13.2 Å². The van der Waals surface area contributed by atoms with Crippen molar-refractivity contribution in [2.24, 2.45) is 0 Å². The number of carbonyl (C=O) groups excluding carboxylic acids is 1. The first-order valence-electron chi connectivity index (χ1n) is 8.87. The summed E-state index contributed by atoms with van der Waals surface area (Å²) < 4.78 is 31.6. The van der Waals surface area contributed by atoms with Crippen LogP contribution in [0.15, 0.2) is 48.5 Å². The number of halogens is 1. The largest absolute Gasteiger partial charge is 0.495 e. The van der Waals surface area contributed by atoms with E-state index in [2.05, 4.69) is 5.32 Å². The molecule has 0 saturated carbocycles. The molecule has 0 fully saturated rings. The molecular weight excluding hydrogens is 400 g/mol. The second kappa shape index (κ2) is 9.30. The molecule has 1 amide bonds. The van der Waals surface area contributed by atoms with Crippen molar-refractivity contribution in [1.29, 1.82) is 0 Å². The van der Waals surface area contributed by atoms with Crippen LogP contribution in [-0.4, -0.2) is 33.7 Å². The van der Waals surface area contributed by atoms with Crippen molar-refractivity contribution in [3.63, 3.8) is 0 Å². The number of hydrogen-bond acceptors (Lipinski definition) is 4. The molecule has 28 heavy (non-hydrogen) atoms. The molecule has 0 bridgehead atoms. The highest BCUT2D eigenvalue weighted by Gasteiger charge is 2.34. The summed E-state index contributed by atoms with van der Waals surface area (Å²) in [7, 11) is -2.35. The van der Waals surface area contributed by atoms with Gasteiger partial charge in [0.15, 0.2) is 0 Å². The number of nitrogens with zero attached hydrogens (tertiary/aromatic N) is 1. The van der Waals surface area contributed by atoms with Gasteiger partial charge in [0.05, 0.1) is 25.1 Å². The van der Waals surface area contributed by atoms with Gasteiger partial charge in [-0.15, -0.1) is 0 Å². The van der Waals surface area contributed by atoms with Gasteiger partial charge in [-0.05, 0) is 37.1 Å². The zero-order valence-corrected chi connectivity index (χ0v) is 17.9. The summed E-state index contributed by atoms with van der Waals surface area (Å²) >= 11 is 6.08. The summed E-state index contributed by atoms with van der Waals surface area (Å²) in [5.74, 6) is -0.0801. The summed E-state index contributed by atoms with van der Waals surface area (Å²) in [6.45, 7) is 3.61. The predicted molar refractivity (Wildman–Crippen MR) is 112 cm³/mol. The van der Waals surface area contributed by atoms with Crippen molar-refractivity contribution in [2.45, 2.75) is 32.4 Å². The normalized spacial score (nSPS) is 13.5. The Bertz CT molecular complexity index is 919. The first-order valence-corrected chi connectivity index (χ1v) is 11.1. The number of anilines is 1. The summed E-state index contributed by atoms with van der Waals surface area (Å²) in [5, 5.41) is 3.25. The summed E-state index contributed by atoms with van der Waals surface area (Å²) in [5.41, 5.74) is 1.16. The Hall–Kier alpha value is -2.25. The van der Waals surface area contributed by atoms with Gasteiger partial charge in [0.2, 0.25) is 15.9 Å². The number of amides is 1. The highest BCUT2D eigenvalue weighted by Crippen LogP contribution is 2.35. The molecular formula is C20H25ClN2O4S. The number of rotatable bonds is 8. The van der Waals surface area contributed by atoms with E-state index in [4.69, 9.17) is 16.3 Å². The molecule has 0 radical (unpaired) electrons. The fourth-order valence-corrected chi connectivity index (χ4v) is 4.38. The first kappa shape index (κ1) is 22.0. The number of ether oxygens (including phenoxy) is 1. The minimum absolute atomic E-state index is 0.229. The number of methoxy groups -OCH3 is 1. The summed E-state index contributed by atoms with van der Waals surface area (Å²) in [4.78, 5) is 13.0. The zero-order chi connectivity index (χ0) is 20.9. The SMILES string of the molecule is CC[C@H](C(=O)N[C@H](C)c1ccccc1)N(c1cc(Cl)ccc1OC)S(C)(=O)=O.